The van der Waals surface area contributed by atoms with Crippen LogP contribution in [0.2, 0.25) is 0 Å². The third-order valence-corrected chi connectivity index (χ3v) is 10.9. The highest BCUT2D eigenvalue weighted by atomic mass is 15.1. The van der Waals surface area contributed by atoms with Crippen molar-refractivity contribution in [1.82, 2.24) is 9.97 Å². The van der Waals surface area contributed by atoms with E-state index < -0.39 is 0 Å². The molecule has 10 rings (SSSR count). The highest BCUT2D eigenvalue weighted by Crippen LogP contribution is 2.43. The molecule has 10 aromatic rings. The Morgan fingerprint density at radius 1 is 0.237 bits per heavy atom. The van der Waals surface area contributed by atoms with Gasteiger partial charge in [-0.3, -0.25) is 0 Å². The molecule has 3 nitrogen and oxygen atoms in total. The average molecular weight is 754 g/mol. The Labute approximate surface area is 345 Å². The molecule has 0 saturated carbocycles. The van der Waals surface area contributed by atoms with E-state index in [1.54, 1.807) is 0 Å². The summed E-state index contributed by atoms with van der Waals surface area (Å²) < 4.78 is 0. The standard InChI is InChI=1S/C56H39N3/c1-4-14-40(15-5-1)42-24-26-44(27-25-42)45-32-36-49(37-33-45)59(54-23-13-10-20-51(54)46-30-28-43(29-31-46)41-16-6-2-7-17-41)50-38-34-48(35-39-50)56-55(47-18-8-3-9-19-47)57-52-21-11-12-22-53(52)58-56/h1-39H. The fourth-order valence-corrected chi connectivity index (χ4v) is 7.87. The van der Waals surface area contributed by atoms with Crippen LogP contribution in [0.15, 0.2) is 237 Å². The number of hydrogen-bond donors (Lipinski definition) is 0. The normalized spacial score (nSPS) is 11.1. The van der Waals surface area contributed by atoms with Crippen molar-refractivity contribution in [3.8, 4) is 67.0 Å². The van der Waals surface area contributed by atoms with E-state index in [9.17, 15) is 0 Å². The summed E-state index contributed by atoms with van der Waals surface area (Å²) in [6, 6.07) is 83.5. The Kier molecular flexibility index (Phi) is 9.59. The van der Waals surface area contributed by atoms with E-state index in [1.807, 2.05) is 30.3 Å². The van der Waals surface area contributed by atoms with Crippen molar-refractivity contribution in [3.05, 3.63) is 237 Å². The van der Waals surface area contributed by atoms with Gasteiger partial charge in [0.25, 0.3) is 0 Å². The molecule has 9 aromatic carbocycles. The van der Waals surface area contributed by atoms with E-state index in [-0.39, 0.29) is 0 Å². The second-order valence-electron chi connectivity index (χ2n) is 14.6. The Hall–Kier alpha value is -7.88. The van der Waals surface area contributed by atoms with Gasteiger partial charge in [0.05, 0.1) is 28.1 Å². The number of nitrogens with zero attached hydrogens (tertiary/aromatic N) is 3. The van der Waals surface area contributed by atoms with Crippen LogP contribution in [0.1, 0.15) is 0 Å². The van der Waals surface area contributed by atoms with Crippen LogP contribution in [0.5, 0.6) is 0 Å². The molecule has 0 atom stereocenters. The van der Waals surface area contributed by atoms with E-state index in [0.717, 1.165) is 67.3 Å². The highest BCUT2D eigenvalue weighted by molar-refractivity contribution is 5.91. The van der Waals surface area contributed by atoms with Crippen molar-refractivity contribution >= 4 is 28.1 Å². The maximum atomic E-state index is 5.18. The summed E-state index contributed by atoms with van der Waals surface area (Å²) in [7, 11) is 0. The lowest BCUT2D eigenvalue weighted by Gasteiger charge is -2.28. The topological polar surface area (TPSA) is 29.0 Å². The Balaban J connectivity index is 1.06. The molecular weight excluding hydrogens is 715 g/mol. The van der Waals surface area contributed by atoms with Crippen molar-refractivity contribution in [2.24, 2.45) is 0 Å². The van der Waals surface area contributed by atoms with Gasteiger partial charge in [-0.2, -0.15) is 0 Å². The quantitative estimate of drug-likeness (QED) is 0.147. The lowest BCUT2D eigenvalue weighted by molar-refractivity contribution is 1.27. The van der Waals surface area contributed by atoms with Crippen LogP contribution in [0, 0.1) is 0 Å². The van der Waals surface area contributed by atoms with Gasteiger partial charge in [0, 0.05) is 28.1 Å². The van der Waals surface area contributed by atoms with Gasteiger partial charge in [-0.25, -0.2) is 9.97 Å². The Morgan fingerprint density at radius 2 is 0.542 bits per heavy atom. The minimum Gasteiger partial charge on any atom is -0.310 e. The van der Waals surface area contributed by atoms with Crippen molar-refractivity contribution in [2.45, 2.75) is 0 Å². The van der Waals surface area contributed by atoms with Gasteiger partial charge < -0.3 is 4.90 Å². The van der Waals surface area contributed by atoms with Gasteiger partial charge in [0.2, 0.25) is 0 Å². The molecule has 0 unspecified atom stereocenters. The lowest BCUT2D eigenvalue weighted by atomic mass is 9.97. The molecule has 0 fully saturated rings. The molecule has 59 heavy (non-hydrogen) atoms. The van der Waals surface area contributed by atoms with E-state index in [4.69, 9.17) is 9.97 Å². The molecule has 0 bridgehead atoms. The fourth-order valence-electron chi connectivity index (χ4n) is 7.87. The van der Waals surface area contributed by atoms with E-state index in [2.05, 4.69) is 211 Å². The van der Waals surface area contributed by atoms with Crippen molar-refractivity contribution in [1.29, 1.82) is 0 Å². The molecule has 1 aromatic heterocycles. The summed E-state index contributed by atoms with van der Waals surface area (Å²) in [5.41, 5.74) is 18.1. The second kappa shape index (κ2) is 15.9. The summed E-state index contributed by atoms with van der Waals surface area (Å²) in [6.45, 7) is 0. The van der Waals surface area contributed by atoms with E-state index in [1.165, 1.54) is 27.8 Å². The summed E-state index contributed by atoms with van der Waals surface area (Å²) >= 11 is 0. The minimum absolute atomic E-state index is 0.856. The van der Waals surface area contributed by atoms with Crippen LogP contribution in [0.25, 0.3) is 78.1 Å². The Morgan fingerprint density at radius 3 is 1.00 bits per heavy atom. The first-order chi connectivity index (χ1) is 29.2. The minimum atomic E-state index is 0.856. The number of aromatic nitrogens is 2. The van der Waals surface area contributed by atoms with Gasteiger partial charge in [-0.15, -0.1) is 0 Å². The number of rotatable bonds is 9. The average Bonchev–Trinajstić information content (AvgIpc) is 3.33. The number of para-hydroxylation sites is 3. The smallest absolute Gasteiger partial charge is 0.0973 e. The Bertz CT molecular complexity index is 2980. The molecule has 0 aliphatic carbocycles. The van der Waals surface area contributed by atoms with Crippen molar-refractivity contribution < 1.29 is 0 Å². The first-order valence-electron chi connectivity index (χ1n) is 20.0. The largest absolute Gasteiger partial charge is 0.310 e. The maximum Gasteiger partial charge on any atom is 0.0973 e. The number of hydrogen-bond acceptors (Lipinski definition) is 3. The molecule has 0 aliphatic heterocycles. The van der Waals surface area contributed by atoms with Crippen LogP contribution in [0.4, 0.5) is 17.1 Å². The summed E-state index contributed by atoms with van der Waals surface area (Å²) in [5.74, 6) is 0. The third-order valence-electron chi connectivity index (χ3n) is 10.9. The van der Waals surface area contributed by atoms with Gasteiger partial charge in [0.15, 0.2) is 0 Å². The molecule has 0 N–H and O–H groups in total. The van der Waals surface area contributed by atoms with Gasteiger partial charge >= 0.3 is 0 Å². The van der Waals surface area contributed by atoms with Crippen LogP contribution in [-0.4, -0.2) is 9.97 Å². The molecule has 0 saturated heterocycles. The van der Waals surface area contributed by atoms with Gasteiger partial charge in [-0.05, 0) is 81.4 Å². The second-order valence-corrected chi connectivity index (χ2v) is 14.6. The summed E-state index contributed by atoms with van der Waals surface area (Å²) in [6.07, 6.45) is 0. The maximum absolute atomic E-state index is 5.18. The highest BCUT2D eigenvalue weighted by Gasteiger charge is 2.19. The molecular formula is C56H39N3. The molecule has 0 radical (unpaired) electrons. The first-order valence-corrected chi connectivity index (χ1v) is 20.0. The van der Waals surface area contributed by atoms with Crippen molar-refractivity contribution in [3.63, 3.8) is 0 Å². The zero-order valence-electron chi connectivity index (χ0n) is 32.4. The first kappa shape index (κ1) is 35.5. The predicted molar refractivity (Wildman–Crippen MR) is 247 cm³/mol. The molecule has 3 heteroatoms. The zero-order valence-corrected chi connectivity index (χ0v) is 32.4. The van der Waals surface area contributed by atoms with E-state index in [0.29, 0.717) is 0 Å². The molecule has 1 heterocycles. The van der Waals surface area contributed by atoms with Crippen LogP contribution in [-0.2, 0) is 0 Å². The van der Waals surface area contributed by atoms with Gasteiger partial charge in [-0.1, -0.05) is 194 Å². The molecule has 0 spiro atoms. The lowest BCUT2D eigenvalue weighted by Crippen LogP contribution is -2.11. The number of fused-ring (bicyclic) bond motifs is 1. The van der Waals surface area contributed by atoms with Crippen LogP contribution >= 0.6 is 0 Å². The summed E-state index contributed by atoms with van der Waals surface area (Å²) in [5, 5.41) is 0. The SMILES string of the molecule is c1ccc(-c2ccc(-c3ccc(N(c4ccc(-c5nc6ccccc6nc5-c5ccccc5)cc4)c4ccccc4-c4ccc(-c5ccccc5)cc4)cc3)cc2)cc1. The summed E-state index contributed by atoms with van der Waals surface area (Å²) in [4.78, 5) is 12.7. The molecule has 0 aliphatic rings. The van der Waals surface area contributed by atoms with E-state index >= 15 is 0 Å². The molecule has 0 amide bonds. The van der Waals surface area contributed by atoms with Crippen LogP contribution < -0.4 is 4.90 Å². The van der Waals surface area contributed by atoms with Crippen molar-refractivity contribution in [2.75, 3.05) is 4.90 Å². The fraction of sp³-hybridized carbons (Fsp3) is 0. The molecule has 278 valence electrons. The monoisotopic (exact) mass is 753 g/mol. The number of benzene rings is 9. The third kappa shape index (κ3) is 7.30. The zero-order chi connectivity index (χ0) is 39.4. The predicted octanol–water partition coefficient (Wildman–Crippen LogP) is 15.1. The van der Waals surface area contributed by atoms with Gasteiger partial charge in [0.1, 0.15) is 0 Å². The number of anilines is 3. The van der Waals surface area contributed by atoms with Crippen LogP contribution in [0.3, 0.4) is 0 Å².